The summed E-state index contributed by atoms with van der Waals surface area (Å²) in [6.45, 7) is -4.01. The molecule has 38 heteroatoms. The maximum Gasteiger partial charge on any atom is 0.253 e. The molecule has 0 unspecified atom stereocenters. The average Bonchev–Trinajstić information content (AvgIpc) is 2.44. The zero-order valence-corrected chi connectivity index (χ0v) is 50.1. The normalized spacial score (nSPS) is 47.7. The lowest BCUT2D eigenvalue weighted by Gasteiger charge is -2.50. The minimum Gasteiger partial charge on any atom is -0.394 e. The molecule has 21 fully saturated rings. The van der Waals surface area contributed by atoms with E-state index in [-0.39, 0.29) is 25.5 Å². The standard InChI is InChI=1S/C55H89N3O35/c1-2-3-8-58-48(79)18-6-4-5-7-19(18)57-10-9-56-11-20-41-27(65)34(72)49(80-20)88-42-21(12-59)82-51(36(74)29(42)67)90-44-23(14-61)84-53(38(76)31(44)69)92-46-25(16-63)86-55(40(78)33(46)71)93-47-26(17-64)85-54(39(77)32(47)70)91-45-24(15-62)83-52(37(75)30(45)68)89-43-22(13-60)81-50(87-41)35(73)28(43)66/h4-7,20-47,49-57,59-78H,2-3,8-17H2,1H3,(H,58,79)/t20-,21-,22-,23-,24-,25-,26-,27-,28-,29-,30-,31-,32-,33-,34-,35-,36-,37-,38-,39-,40-,41-,42-,43-,44-,45-,46-,47-,49-,50-,51-,52-,53-,54-,55-/m1/s1. The van der Waals surface area contributed by atoms with E-state index in [1.165, 1.54) is 0 Å². The Bertz CT molecular complexity index is 2440. The zero-order valence-electron chi connectivity index (χ0n) is 50.1. The van der Waals surface area contributed by atoms with Crippen molar-refractivity contribution in [3.8, 4) is 0 Å². The number of carbonyl (C=O) groups is 1. The van der Waals surface area contributed by atoms with Crippen LogP contribution in [0.1, 0.15) is 30.1 Å². The molecular formula is C55H89N3O35. The van der Waals surface area contributed by atoms with Crippen LogP contribution in [0.4, 0.5) is 5.69 Å². The second-order valence-electron chi connectivity index (χ2n) is 23.8. The SMILES string of the molecule is CCCCNC(=O)c1ccccc1NCCNC[C@H]1O[C@@H]2O[C@H]3[C@H](O)[C@@H](O)[C@@H](O[C@H]4[C@H](O)[C@@H](O)[C@@H](O[C@H]5[C@H](O)[C@@H](O)[C@@H](O[C@H]6[C@H](O)[C@@H](O)[C@@H](O[C@H]7[C@H](O)[C@@H](O)[C@@H](O[C@H]8[C@H](O)[C@@H](O)[C@@H](O[C@H]1[C@H](O)[C@H]2O)O[C@@H]8CO)O[C@@H]7CO)O[C@@H]6CO)O[C@@H]5CO)O[C@@H]4CO)O[C@@H]3CO. The summed E-state index contributed by atoms with van der Waals surface area (Å²) < 4.78 is 81.7. The quantitative estimate of drug-likeness (QED) is 0.0684. The predicted molar refractivity (Wildman–Crippen MR) is 296 cm³/mol. The topological polar surface area (TPSA) is 587 Å². The van der Waals surface area contributed by atoms with Crippen molar-refractivity contribution in [3.05, 3.63) is 29.8 Å². The van der Waals surface area contributed by atoms with Crippen LogP contribution < -0.4 is 16.0 Å². The van der Waals surface area contributed by atoms with Gasteiger partial charge in [-0.3, -0.25) is 4.79 Å². The summed E-state index contributed by atoms with van der Waals surface area (Å²) in [5.74, 6) is -0.322. The van der Waals surface area contributed by atoms with Crippen LogP contribution >= 0.6 is 0 Å². The van der Waals surface area contributed by atoms with E-state index in [1.54, 1.807) is 24.3 Å². The molecular weight excluding hydrogens is 1260 g/mol. The summed E-state index contributed by atoms with van der Waals surface area (Å²) in [7, 11) is 0. The fraction of sp³-hybridized carbons (Fsp3) is 0.873. The summed E-state index contributed by atoms with van der Waals surface area (Å²) in [4.78, 5) is 13.0. The Labute approximate surface area is 530 Å². The Morgan fingerprint density at radius 3 is 0.871 bits per heavy atom. The molecule has 21 saturated heterocycles. The van der Waals surface area contributed by atoms with Gasteiger partial charge >= 0.3 is 0 Å². The number of para-hydroxylation sites is 1. The maximum absolute atomic E-state index is 13.0. The summed E-state index contributed by atoms with van der Waals surface area (Å²) in [6, 6.07) is 6.70. The highest BCUT2D eigenvalue weighted by molar-refractivity contribution is 5.99. The van der Waals surface area contributed by atoms with E-state index in [0.717, 1.165) is 12.8 Å². The van der Waals surface area contributed by atoms with Gasteiger partial charge in [-0.15, -0.1) is 0 Å². The number of hydrogen-bond donors (Lipinski definition) is 23. The zero-order chi connectivity index (χ0) is 67.3. The van der Waals surface area contributed by atoms with Crippen molar-refractivity contribution in [1.82, 2.24) is 10.6 Å². The molecule has 23 N–H and O–H groups in total. The van der Waals surface area contributed by atoms with E-state index in [4.69, 9.17) is 66.3 Å². The lowest BCUT2D eigenvalue weighted by atomic mass is 9.95. The molecule has 21 heterocycles. The molecule has 35 atom stereocenters. The predicted octanol–water partition coefficient (Wildman–Crippen LogP) is -13.0. The molecule has 93 heavy (non-hydrogen) atoms. The number of ether oxygens (including phenoxy) is 14. The van der Waals surface area contributed by atoms with Crippen molar-refractivity contribution in [1.29, 1.82) is 0 Å². The number of amides is 1. The molecule has 0 aliphatic carbocycles. The first kappa shape index (κ1) is 74.3. The van der Waals surface area contributed by atoms with E-state index in [9.17, 15) is 107 Å². The van der Waals surface area contributed by atoms with Gasteiger partial charge in [0.2, 0.25) is 0 Å². The Morgan fingerprint density at radius 1 is 0.344 bits per heavy atom. The third-order valence-corrected chi connectivity index (χ3v) is 17.6. The Hall–Kier alpha value is -2.91. The molecule has 1 amide bonds. The van der Waals surface area contributed by atoms with Gasteiger partial charge in [-0.25, -0.2) is 0 Å². The highest BCUT2D eigenvalue weighted by Gasteiger charge is 2.59. The lowest BCUT2D eigenvalue weighted by Crippen LogP contribution is -2.68. The van der Waals surface area contributed by atoms with Crippen LogP contribution in [0.3, 0.4) is 0 Å². The highest BCUT2D eigenvalue weighted by atomic mass is 16.8. The van der Waals surface area contributed by atoms with Gasteiger partial charge in [0.15, 0.2) is 44.0 Å². The van der Waals surface area contributed by atoms with E-state index in [0.29, 0.717) is 17.8 Å². The molecule has 0 spiro atoms. The van der Waals surface area contributed by atoms with Crippen LogP contribution in [-0.4, -0.2) is 389 Å². The van der Waals surface area contributed by atoms with E-state index in [2.05, 4.69) is 16.0 Å². The first-order valence-corrected chi connectivity index (χ1v) is 30.7. The summed E-state index contributed by atoms with van der Waals surface area (Å²) in [6.07, 6.45) is -68.7. The lowest BCUT2D eigenvalue weighted by molar-refractivity contribution is -0.396. The van der Waals surface area contributed by atoms with Gasteiger partial charge in [0.25, 0.3) is 5.91 Å². The van der Waals surface area contributed by atoms with Crippen molar-refractivity contribution in [2.75, 3.05) is 71.1 Å². The number of rotatable bonds is 16. The van der Waals surface area contributed by atoms with Crippen molar-refractivity contribution >= 4 is 11.6 Å². The van der Waals surface area contributed by atoms with Crippen LogP contribution in [0.2, 0.25) is 0 Å². The van der Waals surface area contributed by atoms with Gasteiger partial charge in [0.05, 0.1) is 45.2 Å². The van der Waals surface area contributed by atoms with Gasteiger partial charge in [-0.1, -0.05) is 25.5 Å². The molecule has 0 radical (unpaired) electrons. The monoisotopic (exact) mass is 1350 g/mol. The minimum absolute atomic E-state index is 0.0773. The van der Waals surface area contributed by atoms with E-state index in [1.807, 2.05) is 6.92 Å². The summed E-state index contributed by atoms with van der Waals surface area (Å²) in [5.41, 5.74) is 0.826. The molecule has 1 aromatic carbocycles. The van der Waals surface area contributed by atoms with Crippen LogP contribution in [0.5, 0.6) is 0 Å². The van der Waals surface area contributed by atoms with Crippen LogP contribution in [0.15, 0.2) is 24.3 Å². The molecule has 21 aliphatic rings. The second-order valence-corrected chi connectivity index (χ2v) is 23.8. The molecule has 0 saturated carbocycles. The molecule has 21 aliphatic heterocycles. The van der Waals surface area contributed by atoms with Gasteiger partial charge in [-0.05, 0) is 18.6 Å². The smallest absolute Gasteiger partial charge is 0.253 e. The van der Waals surface area contributed by atoms with Crippen LogP contribution in [-0.2, 0) is 66.3 Å². The molecule has 22 rings (SSSR count). The second kappa shape index (κ2) is 33.3. The van der Waals surface area contributed by atoms with Crippen LogP contribution in [0, 0.1) is 0 Å². The summed E-state index contributed by atoms with van der Waals surface area (Å²) >= 11 is 0. The Balaban J connectivity index is 0.991. The molecule has 0 aromatic heterocycles. The van der Waals surface area contributed by atoms with Gasteiger partial charge in [0, 0.05) is 31.9 Å². The molecule has 38 nitrogen and oxygen atoms in total. The van der Waals surface area contributed by atoms with Crippen molar-refractivity contribution in [2.45, 2.75) is 235 Å². The van der Waals surface area contributed by atoms with Gasteiger partial charge in [-0.2, -0.15) is 0 Å². The fourth-order valence-electron chi connectivity index (χ4n) is 12.3. The number of aliphatic hydroxyl groups is 20. The number of anilines is 1. The molecule has 1 aromatic rings. The first-order valence-electron chi connectivity index (χ1n) is 30.7. The van der Waals surface area contributed by atoms with E-state index < -0.39 is 255 Å². The maximum atomic E-state index is 13.0. The number of unbranched alkanes of at least 4 members (excludes halogenated alkanes) is 1. The third kappa shape index (κ3) is 16.1. The number of hydrogen-bond acceptors (Lipinski definition) is 37. The Morgan fingerprint density at radius 2 is 0.602 bits per heavy atom. The number of carbonyl (C=O) groups excluding carboxylic acids is 1. The first-order chi connectivity index (χ1) is 44.5. The van der Waals surface area contributed by atoms with Crippen LogP contribution in [0.25, 0.3) is 0 Å². The van der Waals surface area contributed by atoms with Crippen molar-refractivity contribution in [2.24, 2.45) is 0 Å². The third-order valence-electron chi connectivity index (χ3n) is 17.6. The van der Waals surface area contributed by atoms with Crippen molar-refractivity contribution < 1.29 is 173 Å². The number of benzene rings is 1. The average molecular weight is 1350 g/mol. The molecule has 14 bridgehead atoms. The largest absolute Gasteiger partial charge is 0.394 e. The molecule has 534 valence electrons. The summed E-state index contributed by atoms with van der Waals surface area (Å²) in [5, 5.41) is 234. The number of aliphatic hydroxyl groups excluding tert-OH is 20. The Kier molecular flexibility index (Phi) is 26.6. The van der Waals surface area contributed by atoms with E-state index >= 15 is 0 Å². The highest BCUT2D eigenvalue weighted by Crippen LogP contribution is 2.39. The minimum atomic E-state index is -2.22. The van der Waals surface area contributed by atoms with Gasteiger partial charge < -0.3 is 184 Å². The van der Waals surface area contributed by atoms with Crippen molar-refractivity contribution in [3.63, 3.8) is 0 Å². The van der Waals surface area contributed by atoms with Gasteiger partial charge in [0.1, 0.15) is 171 Å². The fourth-order valence-corrected chi connectivity index (χ4v) is 12.3. The number of nitrogens with one attached hydrogen (secondary N) is 3.